The number of hydrogen-bond donors (Lipinski definition) is 0. The van der Waals surface area contributed by atoms with Gasteiger partial charge in [0.2, 0.25) is 0 Å². The van der Waals surface area contributed by atoms with Crippen molar-refractivity contribution in [1.29, 1.82) is 0 Å². The molecule has 0 N–H and O–H groups in total. The van der Waals surface area contributed by atoms with Crippen molar-refractivity contribution >= 4 is 23.2 Å². The maximum absolute atomic E-state index is 4.96. The second-order valence-electron chi connectivity index (χ2n) is 0.365. The van der Waals surface area contributed by atoms with Crippen LogP contribution in [0, 0.1) is 6.07 Å². The van der Waals surface area contributed by atoms with Gasteiger partial charge in [-0.05, 0) is 0 Å². The summed E-state index contributed by atoms with van der Waals surface area (Å²) in [5.41, 5.74) is 0. The zero-order valence-electron chi connectivity index (χ0n) is 2.45. The Hall–Kier alpha value is 0.540. The molecule has 1 radical (unpaired) electrons. The molecule has 31 valence electrons. The van der Waals surface area contributed by atoms with Gasteiger partial charge in [-0.25, -0.2) is 0 Å². The number of ether oxygens (including phenoxy) is 1. The van der Waals surface area contributed by atoms with Gasteiger partial charge in [0, 0.05) is 0 Å². The minimum atomic E-state index is 0.128. The van der Waals surface area contributed by atoms with E-state index >= 15 is 0 Å². The molecular formula is C2H3Cl2O. The Morgan fingerprint density at radius 3 is 2.40 bits per heavy atom. The van der Waals surface area contributed by atoms with E-state index in [1.54, 1.807) is 0 Å². The van der Waals surface area contributed by atoms with Crippen molar-refractivity contribution in [2.75, 3.05) is 6.07 Å². The van der Waals surface area contributed by atoms with Crippen LogP contribution in [0.2, 0.25) is 0 Å². The molecule has 0 saturated heterocycles. The Morgan fingerprint density at radius 1 is 1.80 bits per heavy atom. The number of hydrogen-bond acceptors (Lipinski definition) is 1. The summed E-state index contributed by atoms with van der Waals surface area (Å²) in [5, 5.41) is 0. The Bertz CT molecular complexity index is 15.1. The first-order valence-electron chi connectivity index (χ1n) is 1.01. The van der Waals surface area contributed by atoms with E-state index in [0.717, 1.165) is 6.07 Å². The van der Waals surface area contributed by atoms with Gasteiger partial charge in [-0.1, -0.05) is 23.2 Å². The predicted octanol–water partition coefficient (Wildman–Crippen LogP) is 1.56. The summed E-state index contributed by atoms with van der Waals surface area (Å²) in [6.45, 7) is 0. The van der Waals surface area contributed by atoms with Crippen molar-refractivity contribution in [3.8, 4) is 0 Å². The van der Waals surface area contributed by atoms with E-state index in [2.05, 4.69) is 4.74 Å². The van der Waals surface area contributed by atoms with Crippen molar-refractivity contribution in [1.82, 2.24) is 0 Å². The van der Waals surface area contributed by atoms with Gasteiger partial charge < -0.3 is 4.74 Å². The fourth-order valence-corrected chi connectivity index (χ4v) is 0.214. The largest absolute Gasteiger partial charge is 0.343 e. The first kappa shape index (κ1) is 5.54. The van der Waals surface area contributed by atoms with Crippen LogP contribution in [0.4, 0.5) is 0 Å². The molecule has 0 atom stereocenters. The van der Waals surface area contributed by atoms with E-state index < -0.39 is 0 Å². The highest BCUT2D eigenvalue weighted by atomic mass is 35.5. The van der Waals surface area contributed by atoms with Gasteiger partial charge >= 0.3 is 0 Å². The quantitative estimate of drug-likeness (QED) is 0.495. The van der Waals surface area contributed by atoms with Crippen molar-refractivity contribution < 1.29 is 4.74 Å². The van der Waals surface area contributed by atoms with Crippen LogP contribution >= 0.6 is 23.2 Å². The summed E-state index contributed by atoms with van der Waals surface area (Å²) in [5.74, 6) is 0. The number of rotatable bonds is 2. The van der Waals surface area contributed by atoms with E-state index in [9.17, 15) is 0 Å². The molecule has 0 saturated carbocycles. The molecule has 0 aliphatic heterocycles. The average molecular weight is 114 g/mol. The third-order valence-corrected chi connectivity index (χ3v) is 0.378. The lowest BCUT2D eigenvalue weighted by Gasteiger charge is -1.80. The third kappa shape index (κ3) is 4.54. The van der Waals surface area contributed by atoms with Crippen molar-refractivity contribution in [2.45, 2.75) is 0 Å². The molecule has 0 fully saturated rings. The molecule has 0 aromatic carbocycles. The van der Waals surface area contributed by atoms with Crippen LogP contribution in [0.15, 0.2) is 0 Å². The summed E-state index contributed by atoms with van der Waals surface area (Å²) in [4.78, 5) is 0. The highest BCUT2D eigenvalue weighted by molar-refractivity contribution is 6.22. The van der Waals surface area contributed by atoms with E-state index in [1.807, 2.05) is 0 Å². The van der Waals surface area contributed by atoms with E-state index in [1.165, 1.54) is 0 Å². The van der Waals surface area contributed by atoms with Gasteiger partial charge in [-0.15, -0.1) is 0 Å². The second kappa shape index (κ2) is 4.54. The van der Waals surface area contributed by atoms with Crippen LogP contribution in [0.3, 0.4) is 0 Å². The zero-order chi connectivity index (χ0) is 4.12. The Morgan fingerprint density at radius 2 is 2.40 bits per heavy atom. The maximum Gasteiger partial charge on any atom is 0.172 e. The molecule has 0 rings (SSSR count). The average Bonchev–Trinajstić information content (AvgIpc) is 1.41. The Balaban J connectivity index is 2.19. The van der Waals surface area contributed by atoms with Crippen molar-refractivity contribution in [2.24, 2.45) is 0 Å². The first-order chi connectivity index (χ1) is 2.41. The molecule has 0 heterocycles. The van der Waals surface area contributed by atoms with Gasteiger partial charge in [-0.2, -0.15) is 0 Å². The molecule has 1 nitrogen and oxygen atoms in total. The summed E-state index contributed by atoms with van der Waals surface area (Å²) in [6.07, 6.45) is 0. The Kier molecular flexibility index (Phi) is 5.03. The molecule has 0 aromatic rings. The topological polar surface area (TPSA) is 9.23 Å². The molecule has 3 heteroatoms. The van der Waals surface area contributed by atoms with E-state index in [-0.39, 0.29) is 6.07 Å². The monoisotopic (exact) mass is 113 g/mol. The summed E-state index contributed by atoms with van der Waals surface area (Å²) in [7, 11) is 0. The smallest absolute Gasteiger partial charge is 0.172 e. The second-order valence-corrected chi connectivity index (χ2v) is 0.761. The highest BCUT2D eigenvalue weighted by Gasteiger charge is 1.69. The first-order valence-corrected chi connectivity index (χ1v) is 1.98. The maximum atomic E-state index is 4.96. The summed E-state index contributed by atoms with van der Waals surface area (Å²) in [6, 6.07) is 1.15. The number of halogens is 2. The standard InChI is InChI=1S/C2H3Cl2O/c3-1-5-2-4/h1H,2H2. The lowest BCUT2D eigenvalue weighted by molar-refractivity contribution is 0.288. The fraction of sp³-hybridized carbons (Fsp3) is 0.500. The Labute approximate surface area is 40.8 Å². The van der Waals surface area contributed by atoms with Crippen LogP contribution in [-0.2, 0) is 4.74 Å². The zero-order valence-corrected chi connectivity index (χ0v) is 3.96. The fourth-order valence-electron chi connectivity index (χ4n) is 0.0238. The van der Waals surface area contributed by atoms with Crippen LogP contribution < -0.4 is 0 Å². The SMILES string of the molecule is Cl[CH]OCCl. The molecule has 0 amide bonds. The molecular weight excluding hydrogens is 111 g/mol. The van der Waals surface area contributed by atoms with Crippen molar-refractivity contribution in [3.05, 3.63) is 6.07 Å². The van der Waals surface area contributed by atoms with Crippen LogP contribution in [-0.4, -0.2) is 6.07 Å². The minimum absolute atomic E-state index is 0.128. The van der Waals surface area contributed by atoms with Gasteiger partial charge in [0.25, 0.3) is 0 Å². The molecule has 0 aliphatic carbocycles. The van der Waals surface area contributed by atoms with Crippen LogP contribution in [0.1, 0.15) is 0 Å². The molecule has 5 heavy (non-hydrogen) atoms. The molecule has 0 spiro atoms. The van der Waals surface area contributed by atoms with Gasteiger partial charge in [0.15, 0.2) is 6.07 Å². The van der Waals surface area contributed by atoms with Crippen molar-refractivity contribution in [3.63, 3.8) is 0 Å². The molecule has 0 aromatic heterocycles. The summed E-state index contributed by atoms with van der Waals surface area (Å²) < 4.78 is 4.24. The van der Waals surface area contributed by atoms with E-state index in [0.29, 0.717) is 0 Å². The van der Waals surface area contributed by atoms with E-state index in [4.69, 9.17) is 23.2 Å². The third-order valence-electron chi connectivity index (χ3n) is 0.126. The van der Waals surface area contributed by atoms with Crippen LogP contribution in [0.5, 0.6) is 0 Å². The van der Waals surface area contributed by atoms with Gasteiger partial charge in [-0.3, -0.25) is 0 Å². The predicted molar refractivity (Wildman–Crippen MR) is 22.0 cm³/mol. The lowest BCUT2D eigenvalue weighted by atomic mass is 11.5. The van der Waals surface area contributed by atoms with Gasteiger partial charge in [0.1, 0.15) is 6.07 Å². The van der Waals surface area contributed by atoms with Crippen LogP contribution in [0.25, 0.3) is 0 Å². The molecule has 0 bridgehead atoms. The molecule has 0 unspecified atom stereocenters. The lowest BCUT2D eigenvalue weighted by Crippen LogP contribution is -1.71. The normalized spacial score (nSPS) is 8.40. The number of alkyl halides is 1. The summed E-state index contributed by atoms with van der Waals surface area (Å²) >= 11 is 9.83. The van der Waals surface area contributed by atoms with Gasteiger partial charge in [0.05, 0.1) is 0 Å². The minimum Gasteiger partial charge on any atom is -0.343 e. The molecule has 0 aliphatic rings. The highest BCUT2D eigenvalue weighted by Crippen LogP contribution is 1.86.